The number of nitro benzene ring substituents is 1. The fourth-order valence-electron chi connectivity index (χ4n) is 2.21. The summed E-state index contributed by atoms with van der Waals surface area (Å²) in [5, 5.41) is 10.9. The number of non-ortho nitro benzene ring substituents is 1. The largest absolute Gasteiger partial charge is 0.481 e. The molecular weight excluding hydrogens is 326 g/mol. The van der Waals surface area contributed by atoms with Crippen molar-refractivity contribution in [3.63, 3.8) is 0 Å². The number of methoxy groups -OCH3 is 2. The van der Waals surface area contributed by atoms with Crippen LogP contribution >= 0.6 is 0 Å². The fraction of sp³-hybridized carbons (Fsp3) is 0.235. The second-order valence-electron chi connectivity index (χ2n) is 5.16. The summed E-state index contributed by atoms with van der Waals surface area (Å²) in [7, 11) is 2.91. The van der Waals surface area contributed by atoms with Crippen LogP contribution in [0.15, 0.2) is 24.3 Å². The van der Waals surface area contributed by atoms with Crippen molar-refractivity contribution in [1.82, 2.24) is 9.97 Å². The van der Waals surface area contributed by atoms with Crippen molar-refractivity contribution in [3.05, 3.63) is 51.3 Å². The van der Waals surface area contributed by atoms with Gasteiger partial charge in [0, 0.05) is 12.1 Å². The standard InChI is InChI=1S/C17H17N3O5/c1-10-16(24-3)18-15(19-17(10)25-4)14(11(2)21)9-12-6-5-7-13(8-12)20(22)23/h5-9H,1-4H3/b14-9-. The zero-order chi connectivity index (χ0) is 18.6. The molecule has 8 heteroatoms. The molecule has 0 atom stereocenters. The van der Waals surface area contributed by atoms with Gasteiger partial charge in [0.15, 0.2) is 11.6 Å². The summed E-state index contributed by atoms with van der Waals surface area (Å²) >= 11 is 0. The first-order valence-corrected chi connectivity index (χ1v) is 7.31. The molecular formula is C17H17N3O5. The van der Waals surface area contributed by atoms with Crippen LogP contribution in [0.25, 0.3) is 11.6 Å². The van der Waals surface area contributed by atoms with Gasteiger partial charge in [-0.3, -0.25) is 14.9 Å². The van der Waals surface area contributed by atoms with Crippen molar-refractivity contribution < 1.29 is 19.2 Å². The van der Waals surface area contributed by atoms with Crippen LogP contribution in [-0.4, -0.2) is 34.9 Å². The van der Waals surface area contributed by atoms with E-state index in [9.17, 15) is 14.9 Å². The van der Waals surface area contributed by atoms with Crippen molar-refractivity contribution in [1.29, 1.82) is 0 Å². The van der Waals surface area contributed by atoms with Gasteiger partial charge in [-0.25, -0.2) is 0 Å². The van der Waals surface area contributed by atoms with Crippen LogP contribution in [-0.2, 0) is 4.79 Å². The quantitative estimate of drug-likeness (QED) is 0.451. The van der Waals surface area contributed by atoms with E-state index in [-0.39, 0.29) is 34.6 Å². The highest BCUT2D eigenvalue weighted by Crippen LogP contribution is 2.27. The smallest absolute Gasteiger partial charge is 0.270 e. The van der Waals surface area contributed by atoms with Crippen molar-refractivity contribution in [2.24, 2.45) is 0 Å². The highest BCUT2D eigenvalue weighted by atomic mass is 16.6. The molecule has 0 aliphatic carbocycles. The molecule has 130 valence electrons. The number of aromatic nitrogens is 2. The molecule has 1 aromatic heterocycles. The Labute approximate surface area is 144 Å². The first-order chi connectivity index (χ1) is 11.9. The molecule has 0 amide bonds. The number of benzene rings is 1. The number of ether oxygens (including phenoxy) is 2. The number of nitro groups is 1. The third-order valence-corrected chi connectivity index (χ3v) is 3.46. The van der Waals surface area contributed by atoms with Crippen LogP contribution < -0.4 is 9.47 Å². The fourth-order valence-corrected chi connectivity index (χ4v) is 2.21. The number of hydrogen-bond acceptors (Lipinski definition) is 7. The Kier molecular flexibility index (Phi) is 5.43. The molecule has 25 heavy (non-hydrogen) atoms. The molecule has 0 N–H and O–H groups in total. The lowest BCUT2D eigenvalue weighted by atomic mass is 10.1. The maximum absolute atomic E-state index is 12.1. The number of rotatable bonds is 6. The lowest BCUT2D eigenvalue weighted by molar-refractivity contribution is -0.384. The Morgan fingerprint density at radius 2 is 1.80 bits per heavy atom. The number of hydrogen-bond donors (Lipinski definition) is 0. The summed E-state index contributed by atoms with van der Waals surface area (Å²) in [5.41, 5.74) is 1.21. The third-order valence-electron chi connectivity index (χ3n) is 3.46. The molecule has 0 unspecified atom stereocenters. The average Bonchev–Trinajstić information content (AvgIpc) is 2.60. The summed E-state index contributed by atoms with van der Waals surface area (Å²) in [4.78, 5) is 31.0. The second kappa shape index (κ2) is 7.52. The van der Waals surface area contributed by atoms with Gasteiger partial charge in [-0.15, -0.1) is 0 Å². The van der Waals surface area contributed by atoms with E-state index in [2.05, 4.69) is 9.97 Å². The van der Waals surface area contributed by atoms with Crippen LogP contribution in [0, 0.1) is 17.0 Å². The summed E-state index contributed by atoms with van der Waals surface area (Å²) in [6.45, 7) is 3.10. The molecule has 1 aromatic carbocycles. The van der Waals surface area contributed by atoms with E-state index in [0.717, 1.165) is 0 Å². The van der Waals surface area contributed by atoms with E-state index in [1.165, 1.54) is 39.4 Å². The summed E-state index contributed by atoms with van der Waals surface area (Å²) in [6.07, 6.45) is 1.50. The van der Waals surface area contributed by atoms with Crippen LogP contribution in [0.2, 0.25) is 0 Å². The highest BCUT2D eigenvalue weighted by molar-refractivity contribution is 6.23. The van der Waals surface area contributed by atoms with Gasteiger partial charge in [-0.2, -0.15) is 9.97 Å². The van der Waals surface area contributed by atoms with Crippen LogP contribution in [0.4, 0.5) is 5.69 Å². The van der Waals surface area contributed by atoms with E-state index in [1.807, 2.05) is 0 Å². The number of nitrogens with zero attached hydrogens (tertiary/aromatic N) is 3. The topological polar surface area (TPSA) is 104 Å². The normalized spacial score (nSPS) is 11.1. The zero-order valence-electron chi connectivity index (χ0n) is 14.3. The lowest BCUT2D eigenvalue weighted by Crippen LogP contribution is -2.07. The number of Topliss-reactive ketones (excluding diaryl/α,β-unsaturated/α-hetero) is 1. The Bertz CT molecular complexity index is 836. The molecule has 0 radical (unpaired) electrons. The monoisotopic (exact) mass is 343 g/mol. The van der Waals surface area contributed by atoms with Crippen LogP contribution in [0.5, 0.6) is 11.8 Å². The Balaban J connectivity index is 2.61. The van der Waals surface area contributed by atoms with Gasteiger partial charge in [-0.05, 0) is 25.5 Å². The number of carbonyl (C=O) groups excluding carboxylic acids is 1. The maximum atomic E-state index is 12.1. The molecule has 0 spiro atoms. The van der Waals surface area contributed by atoms with Gasteiger partial charge in [0.1, 0.15) is 0 Å². The average molecular weight is 343 g/mol. The van der Waals surface area contributed by atoms with Crippen LogP contribution in [0.1, 0.15) is 23.9 Å². The minimum absolute atomic E-state index is 0.0726. The van der Waals surface area contributed by atoms with E-state index >= 15 is 0 Å². The molecule has 0 saturated heterocycles. The Hall–Kier alpha value is -3.29. The molecule has 1 heterocycles. The van der Waals surface area contributed by atoms with Crippen molar-refractivity contribution >= 4 is 23.1 Å². The minimum atomic E-state index is -0.501. The predicted octanol–water partition coefficient (Wildman–Crippen LogP) is 2.84. The van der Waals surface area contributed by atoms with Crippen molar-refractivity contribution in [2.45, 2.75) is 13.8 Å². The van der Waals surface area contributed by atoms with Crippen molar-refractivity contribution in [2.75, 3.05) is 14.2 Å². The SMILES string of the molecule is COc1nc(/C(=C\c2cccc([N+](=O)[O-])c2)C(C)=O)nc(OC)c1C. The molecule has 2 rings (SSSR count). The number of carbonyl (C=O) groups is 1. The number of ketones is 1. The Morgan fingerprint density at radius 1 is 1.20 bits per heavy atom. The minimum Gasteiger partial charge on any atom is -0.481 e. The second-order valence-corrected chi connectivity index (χ2v) is 5.16. The molecule has 8 nitrogen and oxygen atoms in total. The molecule has 2 aromatic rings. The van der Waals surface area contributed by atoms with Crippen molar-refractivity contribution in [3.8, 4) is 11.8 Å². The van der Waals surface area contributed by atoms with Gasteiger partial charge < -0.3 is 9.47 Å². The summed E-state index contributed by atoms with van der Waals surface area (Å²) < 4.78 is 10.4. The third kappa shape index (κ3) is 3.97. The lowest BCUT2D eigenvalue weighted by Gasteiger charge is -2.11. The first kappa shape index (κ1) is 18.1. The van der Waals surface area contributed by atoms with Gasteiger partial charge >= 0.3 is 0 Å². The van der Waals surface area contributed by atoms with E-state index in [4.69, 9.17) is 9.47 Å². The maximum Gasteiger partial charge on any atom is 0.270 e. The summed E-state index contributed by atoms with van der Waals surface area (Å²) in [5.74, 6) is 0.402. The Morgan fingerprint density at radius 3 is 2.28 bits per heavy atom. The highest BCUT2D eigenvalue weighted by Gasteiger charge is 2.18. The summed E-state index contributed by atoms with van der Waals surface area (Å²) in [6, 6.07) is 5.93. The molecule has 0 fully saturated rings. The van der Waals surface area contributed by atoms with E-state index < -0.39 is 4.92 Å². The molecule has 0 saturated carbocycles. The molecule has 0 aliphatic rings. The zero-order valence-corrected chi connectivity index (χ0v) is 14.3. The van der Waals surface area contributed by atoms with Gasteiger partial charge in [0.05, 0.1) is 30.3 Å². The number of allylic oxidation sites excluding steroid dienone is 1. The molecule has 0 aliphatic heterocycles. The predicted molar refractivity (Wildman–Crippen MR) is 91.5 cm³/mol. The van der Waals surface area contributed by atoms with Gasteiger partial charge in [-0.1, -0.05) is 12.1 Å². The van der Waals surface area contributed by atoms with Crippen LogP contribution in [0.3, 0.4) is 0 Å². The van der Waals surface area contributed by atoms with Gasteiger partial charge in [0.25, 0.3) is 5.69 Å². The van der Waals surface area contributed by atoms with Gasteiger partial charge in [0.2, 0.25) is 11.8 Å². The first-order valence-electron chi connectivity index (χ1n) is 7.31. The van der Waals surface area contributed by atoms with E-state index in [1.54, 1.807) is 19.1 Å². The molecule has 0 bridgehead atoms. The van der Waals surface area contributed by atoms with E-state index in [0.29, 0.717) is 11.1 Å².